The third kappa shape index (κ3) is 8.89. The molecule has 2 atom stereocenters. The molecule has 0 radical (unpaired) electrons. The number of nitrogens with zero attached hydrogens (tertiary/aromatic N) is 4. The number of rotatable bonds is 7. The van der Waals surface area contributed by atoms with Crippen LogP contribution in [0.2, 0.25) is 0 Å². The first-order chi connectivity index (χ1) is 16.9. The Bertz CT molecular complexity index is 929. The van der Waals surface area contributed by atoms with Crippen LogP contribution in [-0.4, -0.2) is 93.9 Å². The SMILES string of the molecule is CC(C)(C)CC(N=C(NS(C)(=O)=O)N1CCOCC1)C(=O)NC1(C#N)CCN(CC2CCCCC2)C1. The largest absolute Gasteiger partial charge is 0.378 e. The molecule has 0 aromatic carbocycles. The van der Waals surface area contributed by atoms with Gasteiger partial charge in [-0.2, -0.15) is 5.26 Å². The first-order valence-corrected chi connectivity index (χ1v) is 15.1. The number of nitriles is 1. The zero-order valence-corrected chi connectivity index (χ0v) is 23.2. The van der Waals surface area contributed by atoms with Crippen molar-refractivity contribution in [2.75, 3.05) is 52.2 Å². The van der Waals surface area contributed by atoms with Gasteiger partial charge in [0.15, 0.2) is 0 Å². The molecule has 0 aromatic rings. The molecule has 204 valence electrons. The van der Waals surface area contributed by atoms with Gasteiger partial charge in [-0.3, -0.25) is 14.4 Å². The predicted molar refractivity (Wildman–Crippen MR) is 140 cm³/mol. The van der Waals surface area contributed by atoms with E-state index in [4.69, 9.17) is 4.74 Å². The Morgan fingerprint density at radius 2 is 1.86 bits per heavy atom. The number of carbonyl (C=O) groups excluding carboxylic acids is 1. The summed E-state index contributed by atoms with van der Waals surface area (Å²) in [6.45, 7) is 10.2. The molecule has 2 aliphatic heterocycles. The van der Waals surface area contributed by atoms with Crippen LogP contribution in [0, 0.1) is 22.7 Å². The minimum atomic E-state index is -3.60. The van der Waals surface area contributed by atoms with E-state index in [1.807, 2.05) is 20.8 Å². The topological polar surface area (TPSA) is 127 Å². The standard InChI is InChI=1S/C25H44N6O4S/c1-24(2,3)16-21(27-23(29-36(4,33)34)31-12-14-35-15-13-31)22(32)28-25(18-26)10-11-30(19-25)17-20-8-6-5-7-9-20/h20-21H,5-17,19H2,1-4H3,(H,27,29)(H,28,32). The van der Waals surface area contributed by atoms with Crippen molar-refractivity contribution in [1.29, 1.82) is 5.26 Å². The van der Waals surface area contributed by atoms with E-state index in [2.05, 4.69) is 26.0 Å². The number of likely N-dealkylation sites (tertiary alicyclic amines) is 1. The highest BCUT2D eigenvalue weighted by Crippen LogP contribution is 2.29. The number of carbonyl (C=O) groups is 1. The number of morpholine rings is 1. The molecule has 0 bridgehead atoms. The summed E-state index contributed by atoms with van der Waals surface area (Å²) in [7, 11) is -3.60. The Hall–Kier alpha value is -1.90. The number of nitrogens with one attached hydrogen (secondary N) is 2. The zero-order valence-electron chi connectivity index (χ0n) is 22.4. The molecule has 1 saturated carbocycles. The van der Waals surface area contributed by atoms with Crippen LogP contribution in [-0.2, 0) is 19.6 Å². The van der Waals surface area contributed by atoms with Crippen LogP contribution in [0.25, 0.3) is 0 Å². The van der Waals surface area contributed by atoms with Crippen molar-refractivity contribution in [3.8, 4) is 6.07 Å². The monoisotopic (exact) mass is 524 g/mol. The van der Waals surface area contributed by atoms with Gasteiger partial charge in [-0.05, 0) is 37.0 Å². The third-order valence-corrected chi connectivity index (χ3v) is 7.69. The van der Waals surface area contributed by atoms with Crippen molar-refractivity contribution >= 4 is 21.9 Å². The Morgan fingerprint density at radius 3 is 2.44 bits per heavy atom. The summed E-state index contributed by atoms with van der Waals surface area (Å²) in [4.78, 5) is 22.4. The van der Waals surface area contributed by atoms with E-state index in [0.29, 0.717) is 51.6 Å². The maximum atomic E-state index is 13.6. The van der Waals surface area contributed by atoms with Crippen molar-refractivity contribution in [3.63, 3.8) is 0 Å². The molecule has 3 aliphatic rings. The minimum absolute atomic E-state index is 0.154. The van der Waals surface area contributed by atoms with Gasteiger partial charge in [0, 0.05) is 32.7 Å². The molecule has 0 spiro atoms. The summed E-state index contributed by atoms with van der Waals surface area (Å²) in [5, 5.41) is 13.1. The molecule has 2 heterocycles. The van der Waals surface area contributed by atoms with Crippen LogP contribution in [0.5, 0.6) is 0 Å². The van der Waals surface area contributed by atoms with Crippen LogP contribution in [0.3, 0.4) is 0 Å². The molecule has 36 heavy (non-hydrogen) atoms. The number of amides is 1. The number of ether oxygens (including phenoxy) is 1. The highest BCUT2D eigenvalue weighted by atomic mass is 32.2. The summed E-state index contributed by atoms with van der Waals surface area (Å²) in [6, 6.07) is 1.55. The van der Waals surface area contributed by atoms with E-state index in [1.54, 1.807) is 4.90 Å². The maximum absolute atomic E-state index is 13.6. The molecular formula is C25H44N6O4S. The predicted octanol–water partition coefficient (Wildman–Crippen LogP) is 1.69. The minimum Gasteiger partial charge on any atom is -0.378 e. The number of hydrogen-bond acceptors (Lipinski definition) is 7. The summed E-state index contributed by atoms with van der Waals surface area (Å²) >= 11 is 0. The lowest BCUT2D eigenvalue weighted by Crippen LogP contribution is -2.54. The van der Waals surface area contributed by atoms with Crippen LogP contribution in [0.15, 0.2) is 4.99 Å². The number of aliphatic imine (C=N–C) groups is 1. The van der Waals surface area contributed by atoms with Gasteiger partial charge in [0.1, 0.15) is 11.6 Å². The molecule has 11 heteroatoms. The second-order valence-electron chi connectivity index (χ2n) is 11.9. The third-order valence-electron chi connectivity index (χ3n) is 7.14. The van der Waals surface area contributed by atoms with Gasteiger partial charge < -0.3 is 15.0 Å². The molecule has 1 amide bonds. The second-order valence-corrected chi connectivity index (χ2v) is 13.6. The van der Waals surface area contributed by atoms with Crippen molar-refractivity contribution in [2.24, 2.45) is 16.3 Å². The molecule has 2 saturated heterocycles. The van der Waals surface area contributed by atoms with Gasteiger partial charge in [-0.25, -0.2) is 13.4 Å². The lowest BCUT2D eigenvalue weighted by molar-refractivity contribution is -0.124. The van der Waals surface area contributed by atoms with Gasteiger partial charge >= 0.3 is 0 Å². The van der Waals surface area contributed by atoms with E-state index in [1.165, 1.54) is 32.1 Å². The highest BCUT2D eigenvalue weighted by molar-refractivity contribution is 7.89. The van der Waals surface area contributed by atoms with E-state index < -0.39 is 21.6 Å². The lowest BCUT2D eigenvalue weighted by Gasteiger charge is -2.32. The van der Waals surface area contributed by atoms with Crippen molar-refractivity contribution in [3.05, 3.63) is 0 Å². The summed E-state index contributed by atoms with van der Waals surface area (Å²) in [5.74, 6) is 0.480. The molecule has 10 nitrogen and oxygen atoms in total. The highest BCUT2D eigenvalue weighted by Gasteiger charge is 2.42. The number of guanidine groups is 1. The average Bonchev–Trinajstić information content (AvgIpc) is 3.20. The van der Waals surface area contributed by atoms with E-state index in [-0.39, 0.29) is 17.3 Å². The Morgan fingerprint density at radius 1 is 1.19 bits per heavy atom. The molecule has 3 rings (SSSR count). The summed E-state index contributed by atoms with van der Waals surface area (Å²) in [6.07, 6.45) is 8.40. The van der Waals surface area contributed by atoms with Gasteiger partial charge in [0.05, 0.1) is 25.5 Å². The smallest absolute Gasteiger partial charge is 0.246 e. The fourth-order valence-electron chi connectivity index (χ4n) is 5.36. The summed E-state index contributed by atoms with van der Waals surface area (Å²) in [5.41, 5.74) is -1.20. The fraction of sp³-hybridized carbons (Fsp3) is 0.880. The van der Waals surface area contributed by atoms with Crippen LogP contribution in [0.4, 0.5) is 0 Å². The van der Waals surface area contributed by atoms with Gasteiger partial charge in [-0.1, -0.05) is 40.0 Å². The van der Waals surface area contributed by atoms with Gasteiger partial charge in [0.25, 0.3) is 0 Å². The second kappa shape index (κ2) is 12.1. The first kappa shape index (κ1) is 28.7. The number of sulfonamides is 1. The molecule has 3 fully saturated rings. The first-order valence-electron chi connectivity index (χ1n) is 13.2. The quantitative estimate of drug-likeness (QED) is 0.383. The van der Waals surface area contributed by atoms with Crippen molar-refractivity contribution < 1.29 is 17.9 Å². The Balaban J connectivity index is 1.78. The molecule has 0 aromatic heterocycles. The molecule has 2 unspecified atom stereocenters. The average molecular weight is 525 g/mol. The van der Waals surface area contributed by atoms with Crippen molar-refractivity contribution in [1.82, 2.24) is 19.8 Å². The van der Waals surface area contributed by atoms with Crippen LogP contribution >= 0.6 is 0 Å². The van der Waals surface area contributed by atoms with E-state index in [0.717, 1.165) is 19.3 Å². The molecule has 1 aliphatic carbocycles. The van der Waals surface area contributed by atoms with Crippen LogP contribution in [0.1, 0.15) is 65.7 Å². The van der Waals surface area contributed by atoms with Crippen molar-refractivity contribution in [2.45, 2.75) is 77.3 Å². The van der Waals surface area contributed by atoms with Gasteiger partial charge in [-0.15, -0.1) is 0 Å². The Kier molecular flexibility index (Phi) is 9.63. The maximum Gasteiger partial charge on any atom is 0.246 e. The molecular weight excluding hydrogens is 480 g/mol. The number of hydrogen-bond donors (Lipinski definition) is 2. The zero-order chi connectivity index (χ0) is 26.4. The normalized spacial score (nSPS) is 25.9. The fourth-order valence-corrected chi connectivity index (χ4v) is 5.87. The van der Waals surface area contributed by atoms with E-state index >= 15 is 0 Å². The van der Waals surface area contributed by atoms with E-state index in [9.17, 15) is 18.5 Å². The summed E-state index contributed by atoms with van der Waals surface area (Å²) < 4.78 is 32.1. The lowest BCUT2D eigenvalue weighted by atomic mass is 9.87. The Labute approximate surface area is 216 Å². The molecule has 2 N–H and O–H groups in total. The van der Waals surface area contributed by atoms with Crippen LogP contribution < -0.4 is 10.0 Å². The van der Waals surface area contributed by atoms with Gasteiger partial charge in [0.2, 0.25) is 21.9 Å².